The Kier molecular flexibility index (Phi) is 6.24. The number of nitrogens with zero attached hydrogens (tertiary/aromatic N) is 1. The third-order valence-corrected chi connectivity index (χ3v) is 5.66. The standard InChI is InChI=1S/C26H24NOP/c1-2-21-20-24(18-19-26(21)28-29-25-16-10-5-11-17-25)27(22-12-6-3-7-13-22)23-14-8-4-9-15-23/h3-20,29H,2H2,1H3. The molecule has 2 nitrogen and oxygen atoms in total. The quantitative estimate of drug-likeness (QED) is 0.311. The summed E-state index contributed by atoms with van der Waals surface area (Å²) in [4.78, 5) is 2.28. The molecule has 0 spiro atoms. The van der Waals surface area contributed by atoms with E-state index >= 15 is 0 Å². The van der Waals surface area contributed by atoms with Gasteiger partial charge in [0.05, 0.1) is 0 Å². The highest BCUT2D eigenvalue weighted by Gasteiger charge is 2.14. The Morgan fingerprint density at radius 1 is 0.655 bits per heavy atom. The van der Waals surface area contributed by atoms with Crippen LogP contribution in [0.3, 0.4) is 0 Å². The van der Waals surface area contributed by atoms with Crippen LogP contribution >= 0.6 is 8.81 Å². The molecule has 4 rings (SSSR count). The molecule has 0 aliphatic heterocycles. The predicted molar refractivity (Wildman–Crippen MR) is 126 cm³/mol. The third kappa shape index (κ3) is 4.67. The summed E-state index contributed by atoms with van der Waals surface area (Å²) in [7, 11) is 0.305. The van der Waals surface area contributed by atoms with Crippen LogP contribution in [0.1, 0.15) is 12.5 Å². The molecule has 0 fully saturated rings. The van der Waals surface area contributed by atoms with Gasteiger partial charge in [0.25, 0.3) is 0 Å². The van der Waals surface area contributed by atoms with Gasteiger partial charge in [-0.3, -0.25) is 0 Å². The lowest BCUT2D eigenvalue weighted by Crippen LogP contribution is -2.10. The molecule has 0 amide bonds. The third-order valence-electron chi connectivity index (χ3n) is 4.76. The first kappa shape index (κ1) is 19.2. The van der Waals surface area contributed by atoms with Gasteiger partial charge in [-0.15, -0.1) is 0 Å². The van der Waals surface area contributed by atoms with Crippen molar-refractivity contribution in [1.82, 2.24) is 0 Å². The molecule has 4 aromatic rings. The van der Waals surface area contributed by atoms with Crippen LogP contribution in [0.2, 0.25) is 0 Å². The van der Waals surface area contributed by atoms with Crippen LogP contribution in [0.5, 0.6) is 5.75 Å². The van der Waals surface area contributed by atoms with E-state index in [0.717, 1.165) is 29.2 Å². The lowest BCUT2D eigenvalue weighted by Gasteiger charge is -2.26. The summed E-state index contributed by atoms with van der Waals surface area (Å²) in [6, 6.07) is 37.8. The van der Waals surface area contributed by atoms with Crippen LogP contribution in [-0.4, -0.2) is 0 Å². The Labute approximate surface area is 174 Å². The molecular formula is C26H24NOP. The normalized spacial score (nSPS) is 10.9. The van der Waals surface area contributed by atoms with Crippen LogP contribution in [0.15, 0.2) is 109 Å². The van der Waals surface area contributed by atoms with Crippen molar-refractivity contribution in [3.63, 3.8) is 0 Å². The van der Waals surface area contributed by atoms with Gasteiger partial charge < -0.3 is 9.42 Å². The summed E-state index contributed by atoms with van der Waals surface area (Å²) in [5.41, 5.74) is 4.62. The molecule has 3 heteroatoms. The monoisotopic (exact) mass is 397 g/mol. The van der Waals surface area contributed by atoms with Crippen LogP contribution in [-0.2, 0) is 6.42 Å². The van der Waals surface area contributed by atoms with Crippen LogP contribution < -0.4 is 14.7 Å². The topological polar surface area (TPSA) is 12.5 Å². The zero-order valence-corrected chi connectivity index (χ0v) is 17.5. The second-order valence-corrected chi connectivity index (χ2v) is 7.71. The molecule has 0 radical (unpaired) electrons. The van der Waals surface area contributed by atoms with Gasteiger partial charge in [0, 0.05) is 22.4 Å². The van der Waals surface area contributed by atoms with E-state index in [0.29, 0.717) is 8.81 Å². The number of benzene rings is 4. The molecule has 0 aliphatic carbocycles. The van der Waals surface area contributed by atoms with E-state index in [-0.39, 0.29) is 0 Å². The molecule has 4 aromatic carbocycles. The van der Waals surface area contributed by atoms with E-state index in [1.54, 1.807) is 0 Å². The van der Waals surface area contributed by atoms with Gasteiger partial charge in [0.15, 0.2) is 0 Å². The molecule has 0 saturated heterocycles. The Balaban J connectivity index is 1.67. The maximum atomic E-state index is 6.17. The summed E-state index contributed by atoms with van der Waals surface area (Å²) in [5.74, 6) is 0.958. The van der Waals surface area contributed by atoms with Gasteiger partial charge in [0.2, 0.25) is 0 Å². The lowest BCUT2D eigenvalue weighted by molar-refractivity contribution is 0.628. The molecule has 0 N–H and O–H groups in total. The predicted octanol–water partition coefficient (Wildman–Crippen LogP) is 7.02. The summed E-state index contributed by atoms with van der Waals surface area (Å²) in [5, 5.41) is 1.20. The van der Waals surface area contributed by atoms with E-state index in [2.05, 4.69) is 90.7 Å². The fourth-order valence-corrected chi connectivity index (χ4v) is 4.06. The summed E-state index contributed by atoms with van der Waals surface area (Å²) >= 11 is 0. The number of para-hydroxylation sites is 2. The van der Waals surface area contributed by atoms with Crippen molar-refractivity contribution in [1.29, 1.82) is 0 Å². The van der Waals surface area contributed by atoms with Gasteiger partial charge in [-0.05, 0) is 54.4 Å². The summed E-state index contributed by atoms with van der Waals surface area (Å²) in [6.07, 6.45) is 0.917. The largest absolute Gasteiger partial charge is 0.472 e. The first-order chi connectivity index (χ1) is 14.3. The van der Waals surface area contributed by atoms with Crippen molar-refractivity contribution in [3.8, 4) is 5.75 Å². The number of hydrogen-bond acceptors (Lipinski definition) is 2. The zero-order valence-electron chi connectivity index (χ0n) is 16.5. The molecule has 0 aromatic heterocycles. The van der Waals surface area contributed by atoms with E-state index in [4.69, 9.17) is 4.52 Å². The van der Waals surface area contributed by atoms with Crippen molar-refractivity contribution in [2.24, 2.45) is 0 Å². The fraction of sp³-hybridized carbons (Fsp3) is 0.0769. The second-order valence-electron chi connectivity index (χ2n) is 6.72. The van der Waals surface area contributed by atoms with Crippen molar-refractivity contribution in [2.45, 2.75) is 13.3 Å². The van der Waals surface area contributed by atoms with E-state index in [9.17, 15) is 0 Å². The van der Waals surface area contributed by atoms with Crippen molar-refractivity contribution < 1.29 is 4.52 Å². The van der Waals surface area contributed by atoms with E-state index in [1.165, 1.54) is 10.9 Å². The zero-order chi connectivity index (χ0) is 19.9. The van der Waals surface area contributed by atoms with E-state index in [1.807, 2.05) is 30.3 Å². The molecule has 0 saturated carbocycles. The highest BCUT2D eigenvalue weighted by molar-refractivity contribution is 7.42. The first-order valence-electron chi connectivity index (χ1n) is 9.86. The van der Waals surface area contributed by atoms with Crippen molar-refractivity contribution in [2.75, 3.05) is 4.90 Å². The second kappa shape index (κ2) is 9.41. The minimum Gasteiger partial charge on any atom is -0.472 e. The van der Waals surface area contributed by atoms with Crippen LogP contribution in [0.25, 0.3) is 0 Å². The molecule has 144 valence electrons. The molecule has 0 heterocycles. The average molecular weight is 397 g/mol. The van der Waals surface area contributed by atoms with E-state index < -0.39 is 0 Å². The Morgan fingerprint density at radius 2 is 1.21 bits per heavy atom. The minimum atomic E-state index is 0.305. The van der Waals surface area contributed by atoms with Gasteiger partial charge in [-0.2, -0.15) is 0 Å². The van der Waals surface area contributed by atoms with Gasteiger partial charge in [-0.25, -0.2) is 0 Å². The average Bonchev–Trinajstić information content (AvgIpc) is 2.80. The Bertz CT molecular complexity index is 997. The Morgan fingerprint density at radius 3 is 1.76 bits per heavy atom. The van der Waals surface area contributed by atoms with Gasteiger partial charge >= 0.3 is 0 Å². The molecule has 0 aliphatic rings. The highest BCUT2D eigenvalue weighted by Crippen LogP contribution is 2.37. The van der Waals surface area contributed by atoms with Crippen molar-refractivity contribution in [3.05, 3.63) is 115 Å². The fourth-order valence-electron chi connectivity index (χ4n) is 3.30. The van der Waals surface area contributed by atoms with Crippen LogP contribution in [0, 0.1) is 0 Å². The van der Waals surface area contributed by atoms with Gasteiger partial charge in [-0.1, -0.05) is 73.7 Å². The summed E-state index contributed by atoms with van der Waals surface area (Å²) in [6.45, 7) is 2.17. The molecule has 1 unspecified atom stereocenters. The maximum Gasteiger partial charge on any atom is 0.126 e. The molecular weight excluding hydrogens is 373 g/mol. The highest BCUT2D eigenvalue weighted by atomic mass is 31.1. The molecule has 1 atom stereocenters. The lowest BCUT2D eigenvalue weighted by atomic mass is 10.1. The van der Waals surface area contributed by atoms with Crippen molar-refractivity contribution >= 4 is 31.2 Å². The summed E-state index contributed by atoms with van der Waals surface area (Å²) < 4.78 is 6.17. The minimum absolute atomic E-state index is 0.305. The smallest absolute Gasteiger partial charge is 0.126 e. The number of rotatable bonds is 7. The number of anilines is 3. The first-order valence-corrected chi connectivity index (χ1v) is 10.8. The number of aryl methyl sites for hydroxylation is 1. The van der Waals surface area contributed by atoms with Gasteiger partial charge in [0.1, 0.15) is 14.6 Å². The SMILES string of the molecule is CCc1cc(N(c2ccccc2)c2ccccc2)ccc1OPc1ccccc1. The molecule has 0 bridgehead atoms. The Hall–Kier alpha value is -3.09. The maximum absolute atomic E-state index is 6.17. The number of hydrogen-bond donors (Lipinski definition) is 0. The van der Waals surface area contributed by atoms with Crippen LogP contribution in [0.4, 0.5) is 17.1 Å². The molecule has 29 heavy (non-hydrogen) atoms.